The van der Waals surface area contributed by atoms with E-state index < -0.39 is 6.10 Å². The van der Waals surface area contributed by atoms with Crippen LogP contribution >= 0.6 is 0 Å². The number of para-hydroxylation sites is 1. The van der Waals surface area contributed by atoms with E-state index >= 15 is 0 Å². The van der Waals surface area contributed by atoms with E-state index in [1.54, 1.807) is 18.2 Å². The van der Waals surface area contributed by atoms with Gasteiger partial charge >= 0.3 is 0 Å². The van der Waals surface area contributed by atoms with Crippen molar-refractivity contribution in [3.05, 3.63) is 65.5 Å². The molecule has 3 rings (SSSR count). The number of fused-ring (bicyclic) bond motifs is 1. The van der Waals surface area contributed by atoms with Crippen LogP contribution in [0.4, 0.5) is 4.39 Å². The molecule has 0 bridgehead atoms. The van der Waals surface area contributed by atoms with E-state index in [0.717, 1.165) is 11.3 Å². The average Bonchev–Trinajstić information content (AvgIpc) is 2.46. The second kappa shape index (κ2) is 5.02. The smallest absolute Gasteiger partial charge is 0.129 e. The van der Waals surface area contributed by atoms with Crippen LogP contribution in [0.15, 0.2) is 48.5 Å². The van der Waals surface area contributed by atoms with Crippen molar-refractivity contribution in [2.24, 2.45) is 5.92 Å². The first-order valence-electron chi connectivity index (χ1n) is 6.39. The normalized spacial score (nSPS) is 19.4. The molecule has 0 fully saturated rings. The van der Waals surface area contributed by atoms with E-state index in [4.69, 9.17) is 4.74 Å². The van der Waals surface area contributed by atoms with Crippen LogP contribution in [0, 0.1) is 11.7 Å². The van der Waals surface area contributed by atoms with Crippen LogP contribution in [0.2, 0.25) is 0 Å². The third kappa shape index (κ3) is 2.34. The molecule has 0 saturated heterocycles. The quantitative estimate of drug-likeness (QED) is 0.896. The molecule has 3 heteroatoms. The van der Waals surface area contributed by atoms with Gasteiger partial charge in [-0.15, -0.1) is 0 Å². The highest BCUT2D eigenvalue weighted by Crippen LogP contribution is 2.34. The van der Waals surface area contributed by atoms with Crippen LogP contribution in [0.25, 0.3) is 0 Å². The summed E-state index contributed by atoms with van der Waals surface area (Å²) in [4.78, 5) is 0. The van der Waals surface area contributed by atoms with E-state index in [0.29, 0.717) is 18.6 Å². The summed E-state index contributed by atoms with van der Waals surface area (Å²) in [6.45, 7) is 0.409. The molecule has 1 heterocycles. The largest absolute Gasteiger partial charge is 0.493 e. The minimum absolute atomic E-state index is 0.119. The summed E-state index contributed by atoms with van der Waals surface area (Å²) in [5, 5.41) is 10.3. The van der Waals surface area contributed by atoms with Gasteiger partial charge in [-0.3, -0.25) is 0 Å². The molecule has 0 saturated carbocycles. The molecule has 0 radical (unpaired) electrons. The van der Waals surface area contributed by atoms with Crippen molar-refractivity contribution in [1.29, 1.82) is 0 Å². The number of hydrogen-bond donors (Lipinski definition) is 1. The van der Waals surface area contributed by atoms with Gasteiger partial charge in [-0.25, -0.2) is 4.39 Å². The SMILES string of the molecule is OC(c1ccccc1F)C1COc2ccccc2C1. The van der Waals surface area contributed by atoms with Gasteiger partial charge in [0.05, 0.1) is 12.7 Å². The van der Waals surface area contributed by atoms with Gasteiger partial charge in [0.25, 0.3) is 0 Å². The number of halogens is 1. The molecule has 0 aliphatic carbocycles. The molecule has 0 spiro atoms. The average molecular weight is 258 g/mol. The topological polar surface area (TPSA) is 29.5 Å². The van der Waals surface area contributed by atoms with Crippen LogP contribution in [-0.4, -0.2) is 11.7 Å². The predicted molar refractivity (Wildman–Crippen MR) is 70.5 cm³/mol. The second-order valence-corrected chi connectivity index (χ2v) is 4.85. The Labute approximate surface area is 111 Å². The zero-order valence-electron chi connectivity index (χ0n) is 10.4. The number of aliphatic hydroxyl groups excluding tert-OH is 1. The van der Waals surface area contributed by atoms with Crippen molar-refractivity contribution in [1.82, 2.24) is 0 Å². The minimum atomic E-state index is -0.838. The molecular formula is C16H15FO2. The second-order valence-electron chi connectivity index (χ2n) is 4.85. The Kier molecular flexibility index (Phi) is 3.22. The first kappa shape index (κ1) is 12.2. The molecule has 1 aliphatic heterocycles. The molecule has 0 amide bonds. The Morgan fingerprint density at radius 3 is 2.68 bits per heavy atom. The van der Waals surface area contributed by atoms with Crippen molar-refractivity contribution in [3.8, 4) is 5.75 Å². The zero-order chi connectivity index (χ0) is 13.2. The van der Waals surface area contributed by atoms with Crippen molar-refractivity contribution >= 4 is 0 Å². The standard InChI is InChI=1S/C16H15FO2/c17-14-7-3-2-6-13(14)16(18)12-9-11-5-1-4-8-15(11)19-10-12/h1-8,12,16,18H,9-10H2. The van der Waals surface area contributed by atoms with E-state index in [9.17, 15) is 9.50 Å². The van der Waals surface area contributed by atoms with Crippen molar-refractivity contribution in [3.63, 3.8) is 0 Å². The summed E-state index contributed by atoms with van der Waals surface area (Å²) in [5.41, 5.74) is 1.41. The monoisotopic (exact) mass is 258 g/mol. The van der Waals surface area contributed by atoms with E-state index in [1.807, 2.05) is 24.3 Å². The molecule has 2 aromatic carbocycles. The maximum absolute atomic E-state index is 13.7. The molecule has 1 N–H and O–H groups in total. The van der Waals surface area contributed by atoms with Gasteiger partial charge in [0.15, 0.2) is 0 Å². The van der Waals surface area contributed by atoms with Gasteiger partial charge < -0.3 is 9.84 Å². The molecule has 2 nitrogen and oxygen atoms in total. The first-order chi connectivity index (χ1) is 9.25. The van der Waals surface area contributed by atoms with Crippen molar-refractivity contribution in [2.75, 3.05) is 6.61 Å². The van der Waals surface area contributed by atoms with Crippen LogP contribution in [-0.2, 0) is 6.42 Å². The number of benzene rings is 2. The van der Waals surface area contributed by atoms with Crippen LogP contribution in [0.1, 0.15) is 17.2 Å². The molecule has 19 heavy (non-hydrogen) atoms. The number of hydrogen-bond acceptors (Lipinski definition) is 2. The van der Waals surface area contributed by atoms with Gasteiger partial charge in [0, 0.05) is 11.5 Å². The van der Waals surface area contributed by atoms with E-state index in [2.05, 4.69) is 0 Å². The Morgan fingerprint density at radius 2 is 1.84 bits per heavy atom. The molecule has 2 unspecified atom stereocenters. The lowest BCUT2D eigenvalue weighted by Gasteiger charge is -2.29. The Bertz CT molecular complexity index is 582. The summed E-state index contributed by atoms with van der Waals surface area (Å²) >= 11 is 0. The third-order valence-electron chi connectivity index (χ3n) is 3.58. The van der Waals surface area contributed by atoms with Gasteiger partial charge in [0.1, 0.15) is 11.6 Å². The molecular weight excluding hydrogens is 243 g/mol. The van der Waals surface area contributed by atoms with Crippen molar-refractivity contribution in [2.45, 2.75) is 12.5 Å². The predicted octanol–water partition coefficient (Wildman–Crippen LogP) is 3.11. The third-order valence-corrected chi connectivity index (χ3v) is 3.58. The van der Waals surface area contributed by atoms with E-state index in [-0.39, 0.29) is 11.7 Å². The van der Waals surface area contributed by atoms with Gasteiger partial charge in [-0.1, -0.05) is 36.4 Å². The molecule has 2 aromatic rings. The van der Waals surface area contributed by atoms with Crippen molar-refractivity contribution < 1.29 is 14.2 Å². The maximum Gasteiger partial charge on any atom is 0.129 e. The lowest BCUT2D eigenvalue weighted by Crippen LogP contribution is -2.27. The van der Waals surface area contributed by atoms with Crippen LogP contribution < -0.4 is 4.74 Å². The van der Waals surface area contributed by atoms with Crippen LogP contribution in [0.5, 0.6) is 5.75 Å². The molecule has 98 valence electrons. The number of rotatable bonds is 2. The Morgan fingerprint density at radius 1 is 1.11 bits per heavy atom. The summed E-state index contributed by atoms with van der Waals surface area (Å²) in [5.74, 6) is 0.375. The fourth-order valence-electron chi connectivity index (χ4n) is 2.52. The number of aliphatic hydroxyl groups is 1. The first-order valence-corrected chi connectivity index (χ1v) is 6.39. The highest BCUT2D eigenvalue weighted by Gasteiger charge is 2.28. The number of ether oxygens (including phenoxy) is 1. The fourth-order valence-corrected chi connectivity index (χ4v) is 2.52. The molecule has 1 aliphatic rings. The van der Waals surface area contributed by atoms with Gasteiger partial charge in [0.2, 0.25) is 0 Å². The van der Waals surface area contributed by atoms with Gasteiger partial charge in [-0.2, -0.15) is 0 Å². The Hall–Kier alpha value is -1.87. The molecule has 0 aromatic heterocycles. The van der Waals surface area contributed by atoms with Crippen LogP contribution in [0.3, 0.4) is 0 Å². The highest BCUT2D eigenvalue weighted by molar-refractivity contribution is 5.35. The Balaban J connectivity index is 1.83. The lowest BCUT2D eigenvalue weighted by atomic mass is 9.88. The minimum Gasteiger partial charge on any atom is -0.493 e. The zero-order valence-corrected chi connectivity index (χ0v) is 10.4. The summed E-state index contributed by atoms with van der Waals surface area (Å²) < 4.78 is 19.3. The fraction of sp³-hybridized carbons (Fsp3) is 0.250. The summed E-state index contributed by atoms with van der Waals surface area (Å²) in [6, 6.07) is 14.1. The van der Waals surface area contributed by atoms with Gasteiger partial charge in [-0.05, 0) is 24.1 Å². The molecule has 2 atom stereocenters. The highest BCUT2D eigenvalue weighted by atomic mass is 19.1. The lowest BCUT2D eigenvalue weighted by molar-refractivity contribution is 0.0619. The summed E-state index contributed by atoms with van der Waals surface area (Å²) in [7, 11) is 0. The summed E-state index contributed by atoms with van der Waals surface area (Å²) in [6.07, 6.45) is -0.138. The maximum atomic E-state index is 13.7. The van der Waals surface area contributed by atoms with E-state index in [1.165, 1.54) is 6.07 Å².